The van der Waals surface area contributed by atoms with Gasteiger partial charge in [0.15, 0.2) is 12.4 Å². The Balaban J connectivity index is 1.32. The van der Waals surface area contributed by atoms with Crippen molar-refractivity contribution in [3.05, 3.63) is 74.8 Å². The predicted molar refractivity (Wildman–Crippen MR) is 112 cm³/mol. The Morgan fingerprint density at radius 2 is 1.73 bits per heavy atom. The number of esters is 1. The number of hydrogen-bond acceptors (Lipinski definition) is 5. The number of Topliss-reactive ketones (excluding diaryl/α,β-unsaturated/α-hetero) is 1. The largest absolute Gasteiger partial charge is 0.454 e. The molecule has 2 aromatic carbocycles. The Morgan fingerprint density at radius 3 is 2.60 bits per heavy atom. The topological polar surface area (TPSA) is 78.3 Å². The minimum absolute atomic E-state index is 0.0741. The second kappa shape index (κ2) is 7.52. The Labute approximate surface area is 173 Å². The number of aromatic nitrogens is 2. The highest BCUT2D eigenvalue weighted by Crippen LogP contribution is 2.22. The molecule has 0 amide bonds. The first-order valence-electron chi connectivity index (χ1n) is 10.5. The van der Waals surface area contributed by atoms with Crippen molar-refractivity contribution in [1.29, 1.82) is 0 Å². The highest BCUT2D eigenvalue weighted by atomic mass is 16.5. The number of fused-ring (bicyclic) bond motifs is 3. The average molecular weight is 402 g/mol. The van der Waals surface area contributed by atoms with Crippen molar-refractivity contribution < 1.29 is 14.3 Å². The molecule has 0 bridgehead atoms. The summed E-state index contributed by atoms with van der Waals surface area (Å²) in [6.07, 6.45) is 6.04. The van der Waals surface area contributed by atoms with E-state index in [-0.39, 0.29) is 23.5 Å². The van der Waals surface area contributed by atoms with E-state index >= 15 is 0 Å². The summed E-state index contributed by atoms with van der Waals surface area (Å²) in [6.45, 7) is 0.377. The maximum atomic E-state index is 12.5. The fourth-order valence-corrected chi connectivity index (χ4v) is 4.42. The van der Waals surface area contributed by atoms with Gasteiger partial charge in [-0.25, -0.2) is 9.78 Å². The minimum Gasteiger partial charge on any atom is -0.454 e. The Bertz CT molecular complexity index is 1240. The number of hydrogen-bond donors (Lipinski definition) is 0. The van der Waals surface area contributed by atoms with Gasteiger partial charge in [0.2, 0.25) is 0 Å². The van der Waals surface area contributed by atoms with Gasteiger partial charge in [0.05, 0.1) is 16.5 Å². The van der Waals surface area contributed by atoms with Crippen LogP contribution in [0.15, 0.2) is 41.2 Å². The van der Waals surface area contributed by atoms with E-state index in [0.717, 1.165) is 37.9 Å². The van der Waals surface area contributed by atoms with Crippen LogP contribution >= 0.6 is 0 Å². The van der Waals surface area contributed by atoms with Crippen molar-refractivity contribution in [2.75, 3.05) is 6.61 Å². The smallest absolute Gasteiger partial charge is 0.338 e. The quantitative estimate of drug-likeness (QED) is 0.494. The van der Waals surface area contributed by atoms with E-state index in [1.807, 2.05) is 18.2 Å². The standard InChI is InChI=1S/C24H22N2O4/c27-21(17-8-7-15-4-1-2-5-16(15)12-17)14-30-24(29)18-9-10-19-20(13-18)25-22-6-3-11-26(22)23(19)28/h7-10,12-13H,1-6,11,14H2. The number of carbonyl (C=O) groups excluding carboxylic acids is 2. The predicted octanol–water partition coefficient (Wildman–Crippen LogP) is 3.26. The number of benzene rings is 2. The Morgan fingerprint density at radius 1 is 0.933 bits per heavy atom. The zero-order valence-electron chi connectivity index (χ0n) is 16.6. The molecule has 2 aliphatic rings. The van der Waals surface area contributed by atoms with Crippen LogP contribution in [0.3, 0.4) is 0 Å². The molecule has 0 atom stereocenters. The molecule has 0 radical (unpaired) electrons. The van der Waals surface area contributed by atoms with Crippen molar-refractivity contribution in [3.63, 3.8) is 0 Å². The molecule has 1 aliphatic heterocycles. The van der Waals surface area contributed by atoms with Gasteiger partial charge in [-0.15, -0.1) is 0 Å². The van der Waals surface area contributed by atoms with Gasteiger partial charge in [0.1, 0.15) is 5.82 Å². The van der Waals surface area contributed by atoms with Crippen LogP contribution in [-0.4, -0.2) is 27.9 Å². The summed E-state index contributed by atoms with van der Waals surface area (Å²) in [4.78, 5) is 42.1. The molecule has 0 spiro atoms. The summed E-state index contributed by atoms with van der Waals surface area (Å²) in [5.41, 5.74) is 3.81. The molecule has 0 saturated carbocycles. The molecule has 0 fully saturated rings. The normalized spacial score (nSPS) is 14.9. The zero-order valence-corrected chi connectivity index (χ0v) is 16.6. The summed E-state index contributed by atoms with van der Waals surface area (Å²) in [6, 6.07) is 10.5. The van der Waals surface area contributed by atoms with Crippen molar-refractivity contribution in [3.8, 4) is 0 Å². The van der Waals surface area contributed by atoms with Gasteiger partial charge >= 0.3 is 5.97 Å². The summed E-state index contributed by atoms with van der Waals surface area (Å²) in [5.74, 6) is -0.0575. The van der Waals surface area contributed by atoms with Crippen LogP contribution in [0.1, 0.15) is 56.9 Å². The van der Waals surface area contributed by atoms with Crippen molar-refractivity contribution in [2.24, 2.45) is 0 Å². The van der Waals surface area contributed by atoms with Crippen molar-refractivity contribution in [2.45, 2.75) is 45.1 Å². The molecule has 6 nitrogen and oxygen atoms in total. The highest BCUT2D eigenvalue weighted by molar-refractivity contribution is 6.00. The first kappa shape index (κ1) is 18.7. The second-order valence-corrected chi connectivity index (χ2v) is 8.01. The van der Waals surface area contributed by atoms with E-state index in [9.17, 15) is 14.4 Å². The minimum atomic E-state index is -0.592. The summed E-state index contributed by atoms with van der Waals surface area (Å²) >= 11 is 0. The zero-order chi connectivity index (χ0) is 20.7. The van der Waals surface area contributed by atoms with Crippen LogP contribution in [0.4, 0.5) is 0 Å². The number of nitrogens with zero attached hydrogens (tertiary/aromatic N) is 2. The average Bonchev–Trinajstić information content (AvgIpc) is 3.25. The van der Waals surface area contributed by atoms with Crippen LogP contribution in [0.2, 0.25) is 0 Å². The molecule has 0 unspecified atom stereocenters. The van der Waals surface area contributed by atoms with E-state index in [1.54, 1.807) is 22.8 Å². The molecule has 1 aliphatic carbocycles. The van der Waals surface area contributed by atoms with Gasteiger partial charge in [-0.3, -0.25) is 14.2 Å². The van der Waals surface area contributed by atoms with E-state index in [4.69, 9.17) is 4.74 Å². The Hall–Kier alpha value is -3.28. The third-order valence-corrected chi connectivity index (χ3v) is 6.06. The molecule has 0 saturated heterocycles. The van der Waals surface area contributed by atoms with Gasteiger partial charge in [-0.1, -0.05) is 12.1 Å². The molecule has 152 valence electrons. The SMILES string of the molecule is O=C(COC(=O)c1ccc2c(=O)n3c(nc2c1)CCC3)c1ccc2c(c1)CCCC2. The van der Waals surface area contributed by atoms with Crippen LogP contribution in [0.5, 0.6) is 0 Å². The van der Waals surface area contributed by atoms with Crippen LogP contribution < -0.4 is 5.56 Å². The lowest BCUT2D eigenvalue weighted by Crippen LogP contribution is -2.21. The summed E-state index contributed by atoms with van der Waals surface area (Å²) < 4.78 is 6.95. The van der Waals surface area contributed by atoms with Gasteiger partial charge in [0, 0.05) is 18.5 Å². The molecule has 2 heterocycles. The van der Waals surface area contributed by atoms with Crippen LogP contribution in [-0.2, 0) is 30.5 Å². The molecule has 0 N–H and O–H groups in total. The number of ketones is 1. The van der Waals surface area contributed by atoms with Crippen molar-refractivity contribution >= 4 is 22.7 Å². The Kier molecular flexibility index (Phi) is 4.69. The molecule has 30 heavy (non-hydrogen) atoms. The van der Waals surface area contributed by atoms with Gasteiger partial charge in [-0.05, 0) is 67.5 Å². The van der Waals surface area contributed by atoms with Crippen LogP contribution in [0.25, 0.3) is 10.9 Å². The van der Waals surface area contributed by atoms with Gasteiger partial charge in [0.25, 0.3) is 5.56 Å². The number of carbonyl (C=O) groups is 2. The number of ether oxygens (including phenoxy) is 1. The lowest BCUT2D eigenvalue weighted by Gasteiger charge is -2.16. The second-order valence-electron chi connectivity index (χ2n) is 8.01. The molecule has 1 aromatic heterocycles. The van der Waals surface area contributed by atoms with Crippen LogP contribution in [0, 0.1) is 0 Å². The fraction of sp³-hybridized carbons (Fsp3) is 0.333. The summed E-state index contributed by atoms with van der Waals surface area (Å²) in [7, 11) is 0. The van der Waals surface area contributed by atoms with Crippen molar-refractivity contribution in [1.82, 2.24) is 9.55 Å². The number of aryl methyl sites for hydroxylation is 3. The maximum Gasteiger partial charge on any atom is 0.338 e. The lowest BCUT2D eigenvalue weighted by molar-refractivity contribution is 0.0475. The first-order valence-corrected chi connectivity index (χ1v) is 10.5. The molecule has 6 heteroatoms. The summed E-state index contributed by atoms with van der Waals surface area (Å²) in [5, 5.41) is 0.488. The van der Waals surface area contributed by atoms with E-state index in [0.29, 0.717) is 23.0 Å². The van der Waals surface area contributed by atoms with Gasteiger partial charge < -0.3 is 4.74 Å². The monoisotopic (exact) mass is 402 g/mol. The molecule has 5 rings (SSSR count). The van der Waals surface area contributed by atoms with Gasteiger partial charge in [-0.2, -0.15) is 0 Å². The fourth-order valence-electron chi connectivity index (χ4n) is 4.42. The molecular weight excluding hydrogens is 380 g/mol. The first-order chi connectivity index (χ1) is 14.6. The lowest BCUT2D eigenvalue weighted by atomic mass is 9.90. The highest BCUT2D eigenvalue weighted by Gasteiger charge is 2.19. The van der Waals surface area contributed by atoms with E-state index in [2.05, 4.69) is 4.98 Å². The third kappa shape index (κ3) is 3.32. The van der Waals surface area contributed by atoms with E-state index < -0.39 is 5.97 Å². The molecular formula is C24H22N2O4. The number of rotatable bonds is 4. The third-order valence-electron chi connectivity index (χ3n) is 6.06. The maximum absolute atomic E-state index is 12.5. The molecule has 3 aromatic rings. The van der Waals surface area contributed by atoms with E-state index in [1.165, 1.54) is 17.5 Å².